The molecular formula is C21H20N2O6S. The summed E-state index contributed by atoms with van der Waals surface area (Å²) in [7, 11) is -3.88. The molecule has 1 aromatic heterocycles. The van der Waals surface area contributed by atoms with Gasteiger partial charge < -0.3 is 14.5 Å². The second kappa shape index (κ2) is 7.49. The van der Waals surface area contributed by atoms with Gasteiger partial charge in [0.1, 0.15) is 5.58 Å². The van der Waals surface area contributed by atoms with Crippen LogP contribution in [0.15, 0.2) is 45.7 Å². The maximum Gasteiger partial charge on any atom is 0.374 e. The Morgan fingerprint density at radius 1 is 1.20 bits per heavy atom. The fourth-order valence-electron chi connectivity index (χ4n) is 3.42. The van der Waals surface area contributed by atoms with Crippen molar-refractivity contribution in [3.63, 3.8) is 0 Å². The first-order chi connectivity index (χ1) is 14.3. The Hall–Kier alpha value is -3.33. The maximum absolute atomic E-state index is 12.9. The highest BCUT2D eigenvalue weighted by Crippen LogP contribution is 2.30. The zero-order valence-corrected chi connectivity index (χ0v) is 17.3. The average Bonchev–Trinajstić information content (AvgIpc) is 3.04. The SMILES string of the molecule is CCOC(=O)c1oc2ccc(S(=O)(=O)Nc3ccc4c(c3)CCC(=O)N4)cc2c1C. The van der Waals surface area contributed by atoms with Crippen LogP contribution >= 0.6 is 0 Å². The van der Waals surface area contributed by atoms with Gasteiger partial charge in [0.15, 0.2) is 0 Å². The lowest BCUT2D eigenvalue weighted by atomic mass is 10.0. The van der Waals surface area contributed by atoms with Crippen LogP contribution in [0.3, 0.4) is 0 Å². The fourth-order valence-corrected chi connectivity index (χ4v) is 4.49. The highest BCUT2D eigenvalue weighted by Gasteiger charge is 2.22. The van der Waals surface area contributed by atoms with Crippen LogP contribution in [0.4, 0.5) is 11.4 Å². The Morgan fingerprint density at radius 3 is 2.77 bits per heavy atom. The lowest BCUT2D eigenvalue weighted by Crippen LogP contribution is -2.19. The number of benzene rings is 2. The van der Waals surface area contributed by atoms with Crippen molar-refractivity contribution in [2.45, 2.75) is 31.6 Å². The van der Waals surface area contributed by atoms with Gasteiger partial charge in [0.2, 0.25) is 11.7 Å². The first-order valence-corrected chi connectivity index (χ1v) is 10.9. The first-order valence-electron chi connectivity index (χ1n) is 9.44. The molecule has 30 heavy (non-hydrogen) atoms. The molecule has 0 fully saturated rings. The number of carbonyl (C=O) groups excluding carboxylic acids is 2. The molecule has 0 radical (unpaired) electrons. The molecule has 0 atom stereocenters. The normalized spacial score (nSPS) is 13.6. The summed E-state index contributed by atoms with van der Waals surface area (Å²) in [6.07, 6.45) is 0.913. The van der Waals surface area contributed by atoms with Crippen molar-refractivity contribution < 1.29 is 27.2 Å². The Balaban J connectivity index is 1.65. The molecule has 0 aliphatic carbocycles. The minimum atomic E-state index is -3.88. The highest BCUT2D eigenvalue weighted by molar-refractivity contribution is 7.92. The van der Waals surface area contributed by atoms with E-state index in [-0.39, 0.29) is 23.2 Å². The van der Waals surface area contributed by atoms with Gasteiger partial charge in [0, 0.05) is 28.7 Å². The van der Waals surface area contributed by atoms with Crippen LogP contribution < -0.4 is 10.0 Å². The number of hydrogen-bond acceptors (Lipinski definition) is 6. The summed E-state index contributed by atoms with van der Waals surface area (Å²) in [5, 5.41) is 3.29. The van der Waals surface area contributed by atoms with Gasteiger partial charge in [-0.1, -0.05) is 0 Å². The molecule has 1 aliphatic rings. The number of hydrogen-bond donors (Lipinski definition) is 2. The molecule has 2 N–H and O–H groups in total. The molecule has 9 heteroatoms. The third-order valence-electron chi connectivity index (χ3n) is 4.93. The Bertz CT molecular complexity index is 1280. The predicted octanol–water partition coefficient (Wildman–Crippen LogP) is 3.60. The molecule has 0 bridgehead atoms. The molecular weight excluding hydrogens is 408 g/mol. The number of nitrogens with one attached hydrogen (secondary N) is 2. The summed E-state index contributed by atoms with van der Waals surface area (Å²) in [6, 6.07) is 9.40. The zero-order chi connectivity index (χ0) is 21.5. The zero-order valence-electron chi connectivity index (χ0n) is 16.4. The van der Waals surface area contributed by atoms with Gasteiger partial charge >= 0.3 is 5.97 Å². The van der Waals surface area contributed by atoms with E-state index >= 15 is 0 Å². The van der Waals surface area contributed by atoms with Gasteiger partial charge in [0.05, 0.1) is 11.5 Å². The molecule has 0 saturated heterocycles. The highest BCUT2D eigenvalue weighted by atomic mass is 32.2. The van der Waals surface area contributed by atoms with Gasteiger partial charge in [-0.15, -0.1) is 0 Å². The van der Waals surface area contributed by atoms with Crippen molar-refractivity contribution in [1.29, 1.82) is 0 Å². The molecule has 2 aromatic carbocycles. The molecule has 1 aliphatic heterocycles. The van der Waals surface area contributed by atoms with Crippen molar-refractivity contribution in [3.05, 3.63) is 53.3 Å². The van der Waals surface area contributed by atoms with Crippen LogP contribution in [-0.4, -0.2) is 26.9 Å². The quantitative estimate of drug-likeness (QED) is 0.600. The van der Waals surface area contributed by atoms with E-state index in [4.69, 9.17) is 9.15 Å². The summed E-state index contributed by atoms with van der Waals surface area (Å²) >= 11 is 0. The second-order valence-corrected chi connectivity index (χ2v) is 8.64. The van der Waals surface area contributed by atoms with Crippen LogP contribution in [0.2, 0.25) is 0 Å². The van der Waals surface area contributed by atoms with E-state index in [1.807, 2.05) is 0 Å². The minimum Gasteiger partial charge on any atom is -0.460 e. The second-order valence-electron chi connectivity index (χ2n) is 6.96. The van der Waals surface area contributed by atoms with Gasteiger partial charge in [-0.25, -0.2) is 13.2 Å². The topological polar surface area (TPSA) is 115 Å². The van der Waals surface area contributed by atoms with Crippen LogP contribution in [0.5, 0.6) is 0 Å². The van der Waals surface area contributed by atoms with Crippen molar-refractivity contribution in [2.24, 2.45) is 0 Å². The number of fused-ring (bicyclic) bond motifs is 2. The van der Waals surface area contributed by atoms with Crippen LogP contribution in [0.25, 0.3) is 11.0 Å². The van der Waals surface area contributed by atoms with Crippen molar-refractivity contribution in [1.82, 2.24) is 0 Å². The Morgan fingerprint density at radius 2 is 2.00 bits per heavy atom. The predicted molar refractivity (Wildman–Crippen MR) is 111 cm³/mol. The van der Waals surface area contributed by atoms with Crippen molar-refractivity contribution in [2.75, 3.05) is 16.6 Å². The summed E-state index contributed by atoms with van der Waals surface area (Å²) in [5.41, 5.74) is 2.89. The molecule has 3 aromatic rings. The number of furan rings is 1. The third kappa shape index (κ3) is 3.63. The molecule has 8 nitrogen and oxygen atoms in total. The number of aryl methyl sites for hydroxylation is 2. The number of sulfonamides is 1. The lowest BCUT2D eigenvalue weighted by molar-refractivity contribution is -0.116. The molecule has 0 saturated carbocycles. The van der Waals surface area contributed by atoms with E-state index in [2.05, 4.69) is 10.0 Å². The number of carbonyl (C=O) groups is 2. The van der Waals surface area contributed by atoms with Gasteiger partial charge in [-0.3, -0.25) is 9.52 Å². The lowest BCUT2D eigenvalue weighted by Gasteiger charge is -2.18. The van der Waals surface area contributed by atoms with Crippen molar-refractivity contribution in [3.8, 4) is 0 Å². The molecule has 0 unspecified atom stereocenters. The van der Waals surface area contributed by atoms with Crippen molar-refractivity contribution >= 4 is 44.2 Å². The van der Waals surface area contributed by atoms with Crippen LogP contribution in [0, 0.1) is 6.92 Å². The van der Waals surface area contributed by atoms with Crippen LogP contribution in [-0.2, 0) is 26.0 Å². The smallest absolute Gasteiger partial charge is 0.374 e. The van der Waals surface area contributed by atoms with E-state index in [1.54, 1.807) is 32.0 Å². The number of anilines is 2. The number of amides is 1. The molecule has 156 valence electrons. The minimum absolute atomic E-state index is 0.0420. The Labute approximate surface area is 173 Å². The largest absolute Gasteiger partial charge is 0.460 e. The van der Waals surface area contributed by atoms with E-state index < -0.39 is 16.0 Å². The van der Waals surface area contributed by atoms with E-state index in [9.17, 15) is 18.0 Å². The number of ether oxygens (including phenoxy) is 1. The first kappa shape index (κ1) is 20.0. The average molecular weight is 428 g/mol. The summed E-state index contributed by atoms with van der Waals surface area (Å²) in [4.78, 5) is 23.5. The van der Waals surface area contributed by atoms with E-state index in [0.717, 1.165) is 5.56 Å². The van der Waals surface area contributed by atoms with Gasteiger partial charge in [-0.05, 0) is 62.2 Å². The summed E-state index contributed by atoms with van der Waals surface area (Å²) in [6.45, 7) is 3.59. The van der Waals surface area contributed by atoms with Gasteiger partial charge in [-0.2, -0.15) is 0 Å². The summed E-state index contributed by atoms with van der Waals surface area (Å²) in [5.74, 6) is -0.581. The maximum atomic E-state index is 12.9. The fraction of sp³-hybridized carbons (Fsp3) is 0.238. The van der Waals surface area contributed by atoms with E-state index in [1.165, 1.54) is 18.2 Å². The molecule has 1 amide bonds. The number of esters is 1. The summed E-state index contributed by atoms with van der Waals surface area (Å²) < 4.78 is 38.9. The number of rotatable bonds is 5. The van der Waals surface area contributed by atoms with Crippen LogP contribution in [0.1, 0.15) is 35.0 Å². The Kier molecular flexibility index (Phi) is 4.98. The van der Waals surface area contributed by atoms with E-state index in [0.29, 0.717) is 40.7 Å². The molecule has 4 rings (SSSR count). The third-order valence-corrected chi connectivity index (χ3v) is 6.31. The standard InChI is InChI=1S/C21H20N2O6S/c1-3-28-21(25)20-12(2)16-11-15(6-8-18(16)29-20)30(26,27)23-14-5-7-17-13(10-14)4-9-19(24)22-17/h5-8,10-11,23H,3-4,9H2,1-2H3,(H,22,24). The van der Waals surface area contributed by atoms with Gasteiger partial charge in [0.25, 0.3) is 10.0 Å². The molecule has 0 spiro atoms. The molecule has 2 heterocycles. The monoisotopic (exact) mass is 428 g/mol.